The van der Waals surface area contributed by atoms with Crippen molar-refractivity contribution >= 4 is 17.7 Å². The van der Waals surface area contributed by atoms with Crippen molar-refractivity contribution < 1.29 is 14.3 Å². The molecule has 0 saturated heterocycles. The van der Waals surface area contributed by atoms with E-state index >= 15 is 0 Å². The molecule has 0 fully saturated rings. The molecular weight excluding hydrogens is 277 g/mol. The Labute approximate surface area is 119 Å². The molecule has 2 rings (SSSR count). The second-order valence-corrected chi connectivity index (χ2v) is 5.03. The first-order valence-corrected chi connectivity index (χ1v) is 6.74. The molecule has 0 radical (unpaired) electrons. The van der Waals surface area contributed by atoms with Crippen molar-refractivity contribution in [3.63, 3.8) is 0 Å². The number of nitriles is 1. The summed E-state index contributed by atoms with van der Waals surface area (Å²) in [6.07, 6.45) is 0. The summed E-state index contributed by atoms with van der Waals surface area (Å²) in [5.41, 5.74) is 1.37. The Morgan fingerprint density at radius 1 is 1.30 bits per heavy atom. The number of aromatic carboxylic acids is 1. The van der Waals surface area contributed by atoms with Crippen molar-refractivity contribution in [1.82, 2.24) is 0 Å². The molecular formula is C15H10FNO2S. The molecule has 0 aliphatic carbocycles. The van der Waals surface area contributed by atoms with Gasteiger partial charge in [0.25, 0.3) is 0 Å². The lowest BCUT2D eigenvalue weighted by molar-refractivity contribution is 0.0696. The normalized spacial score (nSPS) is 10.0. The number of carboxylic acid groups (broad SMARTS) is 1. The van der Waals surface area contributed by atoms with E-state index < -0.39 is 11.8 Å². The van der Waals surface area contributed by atoms with Gasteiger partial charge < -0.3 is 5.11 Å². The Hall–Kier alpha value is -2.32. The number of hydrogen-bond acceptors (Lipinski definition) is 3. The molecule has 5 heteroatoms. The molecule has 20 heavy (non-hydrogen) atoms. The van der Waals surface area contributed by atoms with Crippen LogP contribution in [0.5, 0.6) is 0 Å². The second kappa shape index (κ2) is 6.22. The van der Waals surface area contributed by atoms with Gasteiger partial charge in [0, 0.05) is 10.6 Å². The Morgan fingerprint density at radius 2 is 2.05 bits per heavy atom. The number of carboxylic acids is 1. The lowest BCUT2D eigenvalue weighted by atomic mass is 10.1. The van der Waals surface area contributed by atoms with E-state index in [2.05, 4.69) is 6.07 Å². The van der Waals surface area contributed by atoms with Crippen LogP contribution < -0.4 is 0 Å². The van der Waals surface area contributed by atoms with E-state index in [4.69, 9.17) is 10.4 Å². The van der Waals surface area contributed by atoms with Crippen LogP contribution in [0, 0.1) is 17.1 Å². The van der Waals surface area contributed by atoms with Crippen LogP contribution in [-0.2, 0) is 5.75 Å². The summed E-state index contributed by atoms with van der Waals surface area (Å²) in [4.78, 5) is 11.1. The molecule has 0 heterocycles. The molecule has 100 valence electrons. The van der Waals surface area contributed by atoms with Crippen molar-refractivity contribution in [3.05, 3.63) is 65.0 Å². The van der Waals surface area contributed by atoms with Crippen molar-refractivity contribution in [3.8, 4) is 6.07 Å². The van der Waals surface area contributed by atoms with E-state index in [1.54, 1.807) is 24.3 Å². The van der Waals surface area contributed by atoms with E-state index in [1.165, 1.54) is 23.9 Å². The van der Waals surface area contributed by atoms with Gasteiger partial charge in [-0.15, -0.1) is 11.8 Å². The van der Waals surface area contributed by atoms with Crippen LogP contribution in [0.1, 0.15) is 21.5 Å². The first-order valence-electron chi connectivity index (χ1n) is 5.75. The molecule has 1 N–H and O–H groups in total. The molecule has 0 atom stereocenters. The molecule has 0 aromatic heterocycles. The molecule has 0 aliphatic heterocycles. The average Bonchev–Trinajstić information content (AvgIpc) is 2.46. The minimum absolute atomic E-state index is 0.0440. The van der Waals surface area contributed by atoms with E-state index in [0.29, 0.717) is 11.3 Å². The highest BCUT2D eigenvalue weighted by atomic mass is 32.2. The minimum atomic E-state index is -1.09. The van der Waals surface area contributed by atoms with Gasteiger partial charge in [-0.2, -0.15) is 5.26 Å². The molecule has 0 bridgehead atoms. The second-order valence-electron chi connectivity index (χ2n) is 4.01. The first-order chi connectivity index (χ1) is 9.61. The predicted octanol–water partition coefficient (Wildman–Crippen LogP) is 3.69. The third-order valence-electron chi connectivity index (χ3n) is 2.70. The maximum Gasteiger partial charge on any atom is 0.335 e. The Bertz CT molecular complexity index is 695. The summed E-state index contributed by atoms with van der Waals surface area (Å²) in [6.45, 7) is 0. The predicted molar refractivity (Wildman–Crippen MR) is 74.1 cm³/mol. The van der Waals surface area contributed by atoms with Crippen molar-refractivity contribution in [2.24, 2.45) is 0 Å². The van der Waals surface area contributed by atoms with Gasteiger partial charge in [-0.1, -0.05) is 18.2 Å². The fraction of sp³-hybridized carbons (Fsp3) is 0.0667. The van der Waals surface area contributed by atoms with E-state index in [0.717, 1.165) is 11.6 Å². The Morgan fingerprint density at radius 3 is 2.75 bits per heavy atom. The number of hydrogen-bond donors (Lipinski definition) is 1. The maximum atomic E-state index is 13.6. The van der Waals surface area contributed by atoms with Crippen LogP contribution in [0.25, 0.3) is 0 Å². The molecule has 0 saturated carbocycles. The topological polar surface area (TPSA) is 61.1 Å². The number of halogens is 1. The fourth-order valence-electron chi connectivity index (χ4n) is 1.66. The third kappa shape index (κ3) is 3.16. The highest BCUT2D eigenvalue weighted by Gasteiger charge is 2.10. The number of benzene rings is 2. The monoisotopic (exact) mass is 287 g/mol. The molecule has 0 amide bonds. The third-order valence-corrected chi connectivity index (χ3v) is 3.78. The Kier molecular flexibility index (Phi) is 4.38. The maximum absolute atomic E-state index is 13.6. The van der Waals surface area contributed by atoms with Crippen LogP contribution in [-0.4, -0.2) is 11.1 Å². The summed E-state index contributed by atoms with van der Waals surface area (Å²) in [5, 5.41) is 17.9. The summed E-state index contributed by atoms with van der Waals surface area (Å²) in [5.74, 6) is -1.15. The SMILES string of the molecule is N#Cc1ccccc1CSc1cc(C(=O)O)ccc1F. The highest BCUT2D eigenvalue weighted by molar-refractivity contribution is 7.98. The fourth-order valence-corrected chi connectivity index (χ4v) is 2.64. The minimum Gasteiger partial charge on any atom is -0.478 e. The molecule has 0 aliphatic rings. The van der Waals surface area contributed by atoms with Gasteiger partial charge in [0.2, 0.25) is 0 Å². The van der Waals surface area contributed by atoms with Gasteiger partial charge in [0.1, 0.15) is 5.82 Å². The Balaban J connectivity index is 2.21. The van der Waals surface area contributed by atoms with Crippen molar-refractivity contribution in [1.29, 1.82) is 5.26 Å². The number of thioether (sulfide) groups is 1. The van der Waals surface area contributed by atoms with E-state index in [-0.39, 0.29) is 10.5 Å². The molecule has 0 unspecified atom stereocenters. The van der Waals surface area contributed by atoms with E-state index in [1.807, 2.05) is 0 Å². The average molecular weight is 287 g/mol. The van der Waals surface area contributed by atoms with Gasteiger partial charge in [-0.25, -0.2) is 9.18 Å². The summed E-state index contributed by atoms with van der Waals surface area (Å²) < 4.78 is 13.6. The summed E-state index contributed by atoms with van der Waals surface area (Å²) >= 11 is 1.17. The van der Waals surface area contributed by atoms with Crippen molar-refractivity contribution in [2.45, 2.75) is 10.6 Å². The molecule has 2 aromatic carbocycles. The van der Waals surface area contributed by atoms with Crippen LogP contribution in [0.2, 0.25) is 0 Å². The zero-order chi connectivity index (χ0) is 14.5. The zero-order valence-electron chi connectivity index (χ0n) is 10.3. The van der Waals surface area contributed by atoms with Gasteiger partial charge in [-0.3, -0.25) is 0 Å². The van der Waals surface area contributed by atoms with Gasteiger partial charge in [0.05, 0.1) is 17.2 Å². The largest absolute Gasteiger partial charge is 0.478 e. The van der Waals surface area contributed by atoms with Gasteiger partial charge >= 0.3 is 5.97 Å². The van der Waals surface area contributed by atoms with Crippen LogP contribution in [0.3, 0.4) is 0 Å². The molecule has 3 nitrogen and oxygen atoms in total. The number of nitrogens with zero attached hydrogens (tertiary/aromatic N) is 1. The summed E-state index contributed by atoms with van der Waals surface area (Å²) in [6, 6.07) is 12.8. The van der Waals surface area contributed by atoms with Crippen LogP contribution >= 0.6 is 11.8 Å². The number of rotatable bonds is 4. The summed E-state index contributed by atoms with van der Waals surface area (Å²) in [7, 11) is 0. The molecule has 0 spiro atoms. The highest BCUT2D eigenvalue weighted by Crippen LogP contribution is 2.27. The zero-order valence-corrected chi connectivity index (χ0v) is 11.2. The molecule has 2 aromatic rings. The number of carbonyl (C=O) groups is 1. The first kappa shape index (κ1) is 14.1. The standard InChI is InChI=1S/C15H10FNO2S/c16-13-6-5-10(15(18)19)7-14(13)20-9-12-4-2-1-3-11(12)8-17/h1-7H,9H2,(H,18,19). The quantitative estimate of drug-likeness (QED) is 0.871. The lowest BCUT2D eigenvalue weighted by Crippen LogP contribution is -1.97. The lowest BCUT2D eigenvalue weighted by Gasteiger charge is -2.06. The van der Waals surface area contributed by atoms with Gasteiger partial charge in [0.15, 0.2) is 0 Å². The van der Waals surface area contributed by atoms with E-state index in [9.17, 15) is 9.18 Å². The van der Waals surface area contributed by atoms with Crippen LogP contribution in [0.4, 0.5) is 4.39 Å². The van der Waals surface area contributed by atoms with Crippen LogP contribution in [0.15, 0.2) is 47.4 Å². The van der Waals surface area contributed by atoms with Crippen molar-refractivity contribution in [2.75, 3.05) is 0 Å². The smallest absolute Gasteiger partial charge is 0.335 e. The van der Waals surface area contributed by atoms with Gasteiger partial charge in [-0.05, 0) is 29.8 Å².